The number of fused-ring (bicyclic) bond motifs is 1. The average molecular weight is 559 g/mol. The van der Waals surface area contributed by atoms with Crippen molar-refractivity contribution in [3.63, 3.8) is 0 Å². The molecule has 0 spiro atoms. The number of piperidine rings is 1. The Balaban J connectivity index is 1.73. The van der Waals surface area contributed by atoms with E-state index in [1.807, 2.05) is 41.3 Å². The van der Waals surface area contributed by atoms with Crippen molar-refractivity contribution in [2.75, 3.05) is 31.6 Å². The van der Waals surface area contributed by atoms with E-state index in [2.05, 4.69) is 20.8 Å². The van der Waals surface area contributed by atoms with Crippen LogP contribution in [0.1, 0.15) is 56.4 Å². The van der Waals surface area contributed by atoms with Crippen molar-refractivity contribution >= 4 is 46.8 Å². The van der Waals surface area contributed by atoms with Crippen LogP contribution in [0, 0.1) is 11.3 Å². The zero-order chi connectivity index (χ0) is 27.6. The van der Waals surface area contributed by atoms with Crippen LogP contribution < -0.4 is 9.64 Å². The van der Waals surface area contributed by atoms with Crippen LogP contribution in [0.5, 0.6) is 5.75 Å². The molecule has 2 aliphatic rings. The zero-order valence-electron chi connectivity index (χ0n) is 22.3. The number of carbonyl (C=O) groups excluding carboxylic acids is 2. The van der Waals surface area contributed by atoms with Gasteiger partial charge in [-0.25, -0.2) is 0 Å². The molecule has 2 amide bonds. The summed E-state index contributed by atoms with van der Waals surface area (Å²) in [5.74, 6) is -0.781. The van der Waals surface area contributed by atoms with E-state index in [-0.39, 0.29) is 28.9 Å². The number of aliphatic carboxylic acids is 1. The number of carboxylic acid groups (broad SMARTS) is 1. The molecule has 0 bridgehead atoms. The molecule has 2 atom stereocenters. The van der Waals surface area contributed by atoms with Crippen molar-refractivity contribution in [1.82, 2.24) is 4.90 Å². The lowest BCUT2D eigenvalue weighted by Gasteiger charge is -2.33. The van der Waals surface area contributed by atoms with E-state index in [9.17, 15) is 19.5 Å². The SMILES string of the molecule is COc1ccccc1C1SC(CC(=O)N2CCC(C(=O)O)CC2)C(=O)N(CC(C)(C)C)c2ccc(Cl)cc21. The molecule has 2 unspecified atom stereocenters. The Morgan fingerprint density at radius 3 is 2.42 bits per heavy atom. The molecule has 1 N–H and O–H groups in total. The molecule has 2 aliphatic heterocycles. The molecule has 1 fully saturated rings. The number of hydrogen-bond acceptors (Lipinski definition) is 5. The Morgan fingerprint density at radius 1 is 1.11 bits per heavy atom. The molecule has 0 saturated carbocycles. The van der Waals surface area contributed by atoms with Crippen LogP contribution in [-0.4, -0.2) is 59.8 Å². The molecule has 204 valence electrons. The number of likely N-dealkylation sites (tertiary alicyclic amines) is 1. The number of para-hydroxylation sites is 1. The fraction of sp³-hybridized carbons (Fsp3) is 0.483. The summed E-state index contributed by atoms with van der Waals surface area (Å²) < 4.78 is 5.69. The lowest BCUT2D eigenvalue weighted by molar-refractivity contribution is -0.145. The molecule has 1 saturated heterocycles. The fourth-order valence-corrected chi connectivity index (χ4v) is 6.80. The highest BCUT2D eigenvalue weighted by Gasteiger charge is 2.40. The number of methoxy groups -OCH3 is 1. The molecule has 2 heterocycles. The maximum absolute atomic E-state index is 14.2. The summed E-state index contributed by atoms with van der Waals surface area (Å²) in [6, 6.07) is 13.3. The number of rotatable bonds is 6. The number of thioether (sulfide) groups is 1. The van der Waals surface area contributed by atoms with E-state index in [4.69, 9.17) is 16.3 Å². The second kappa shape index (κ2) is 11.6. The Morgan fingerprint density at radius 2 is 1.79 bits per heavy atom. The number of halogens is 1. The van der Waals surface area contributed by atoms with Gasteiger partial charge < -0.3 is 19.6 Å². The third-order valence-electron chi connectivity index (χ3n) is 7.02. The molecule has 0 radical (unpaired) electrons. The van der Waals surface area contributed by atoms with Crippen LogP contribution in [0.3, 0.4) is 0 Å². The monoisotopic (exact) mass is 558 g/mol. The highest BCUT2D eigenvalue weighted by Crippen LogP contribution is 2.50. The summed E-state index contributed by atoms with van der Waals surface area (Å²) >= 11 is 7.93. The van der Waals surface area contributed by atoms with E-state index in [1.165, 1.54) is 11.8 Å². The third kappa shape index (κ3) is 6.29. The molecule has 2 aromatic carbocycles. The molecular weight excluding hydrogens is 524 g/mol. The molecule has 4 rings (SSSR count). The second-order valence-corrected chi connectivity index (χ2v) is 12.9. The molecule has 38 heavy (non-hydrogen) atoms. The van der Waals surface area contributed by atoms with Gasteiger partial charge in [-0.2, -0.15) is 0 Å². The first-order valence-electron chi connectivity index (χ1n) is 12.9. The molecule has 7 nitrogen and oxygen atoms in total. The van der Waals surface area contributed by atoms with Crippen LogP contribution in [-0.2, 0) is 14.4 Å². The quantitative estimate of drug-likeness (QED) is 0.493. The standard InChI is InChI=1S/C29H35ClN2O5S/c1-29(2,3)17-32-22-10-9-19(30)15-21(22)26(20-7-5-6-8-23(20)37-4)38-24(27(32)34)16-25(33)31-13-11-18(12-14-31)28(35)36/h5-10,15,18,24,26H,11-14,16-17H2,1-4H3,(H,35,36). The van der Waals surface area contributed by atoms with Gasteiger partial charge in [-0.05, 0) is 48.1 Å². The van der Waals surface area contributed by atoms with Gasteiger partial charge in [0.2, 0.25) is 11.8 Å². The predicted molar refractivity (Wildman–Crippen MR) is 151 cm³/mol. The highest BCUT2D eigenvalue weighted by molar-refractivity contribution is 8.01. The van der Waals surface area contributed by atoms with Crippen LogP contribution >= 0.6 is 23.4 Å². The molecular formula is C29H35ClN2O5S. The Kier molecular flexibility index (Phi) is 8.62. The van der Waals surface area contributed by atoms with E-state index in [0.29, 0.717) is 43.2 Å². The predicted octanol–water partition coefficient (Wildman–Crippen LogP) is 5.65. The Hall–Kier alpha value is -2.71. The van der Waals surface area contributed by atoms with Crippen LogP contribution in [0.25, 0.3) is 0 Å². The maximum Gasteiger partial charge on any atom is 0.306 e. The fourth-order valence-electron chi connectivity index (χ4n) is 5.13. The first-order chi connectivity index (χ1) is 18.0. The van der Waals surface area contributed by atoms with Crippen LogP contribution in [0.4, 0.5) is 5.69 Å². The van der Waals surface area contributed by atoms with Crippen molar-refractivity contribution in [3.05, 3.63) is 58.6 Å². The van der Waals surface area contributed by atoms with Crippen molar-refractivity contribution in [1.29, 1.82) is 0 Å². The number of carboxylic acids is 1. The van der Waals surface area contributed by atoms with Gasteiger partial charge in [0.15, 0.2) is 0 Å². The second-order valence-electron chi connectivity index (χ2n) is 11.1. The van der Waals surface area contributed by atoms with Crippen molar-refractivity contribution < 1.29 is 24.2 Å². The summed E-state index contributed by atoms with van der Waals surface area (Å²) in [6.45, 7) is 7.50. The highest BCUT2D eigenvalue weighted by atomic mass is 35.5. The number of nitrogens with zero attached hydrogens (tertiary/aromatic N) is 2. The topological polar surface area (TPSA) is 87.1 Å². The van der Waals surface area contributed by atoms with Crippen LogP contribution in [0.15, 0.2) is 42.5 Å². The van der Waals surface area contributed by atoms with E-state index >= 15 is 0 Å². The Bertz CT molecular complexity index is 1210. The molecule has 0 aromatic heterocycles. The number of ether oxygens (including phenoxy) is 1. The number of carbonyl (C=O) groups is 3. The van der Waals surface area contributed by atoms with Crippen molar-refractivity contribution in [2.45, 2.75) is 50.5 Å². The van der Waals surface area contributed by atoms with Gasteiger partial charge in [0, 0.05) is 42.3 Å². The van der Waals surface area contributed by atoms with Crippen molar-refractivity contribution in [2.24, 2.45) is 11.3 Å². The van der Waals surface area contributed by atoms with Gasteiger partial charge in [0.25, 0.3) is 0 Å². The lowest BCUT2D eigenvalue weighted by Crippen LogP contribution is -2.45. The largest absolute Gasteiger partial charge is 0.496 e. The smallest absolute Gasteiger partial charge is 0.306 e. The Labute approximate surface area is 233 Å². The minimum Gasteiger partial charge on any atom is -0.496 e. The summed E-state index contributed by atoms with van der Waals surface area (Å²) in [6.07, 6.45) is 0.892. The average Bonchev–Trinajstić information content (AvgIpc) is 2.98. The summed E-state index contributed by atoms with van der Waals surface area (Å²) in [5, 5.41) is 8.97. The maximum atomic E-state index is 14.2. The summed E-state index contributed by atoms with van der Waals surface area (Å²) in [4.78, 5) is 42.5. The van der Waals surface area contributed by atoms with Gasteiger partial charge in [0.05, 0.1) is 23.5 Å². The normalized spacial score (nSPS) is 20.6. The van der Waals surface area contributed by atoms with Gasteiger partial charge in [-0.15, -0.1) is 11.8 Å². The summed E-state index contributed by atoms with van der Waals surface area (Å²) in [5.41, 5.74) is 2.42. The zero-order valence-corrected chi connectivity index (χ0v) is 23.8. The van der Waals surface area contributed by atoms with Gasteiger partial charge in [-0.3, -0.25) is 14.4 Å². The summed E-state index contributed by atoms with van der Waals surface area (Å²) in [7, 11) is 1.62. The van der Waals surface area contributed by atoms with Gasteiger partial charge >= 0.3 is 5.97 Å². The first-order valence-corrected chi connectivity index (χ1v) is 14.2. The number of hydrogen-bond donors (Lipinski definition) is 1. The lowest BCUT2D eigenvalue weighted by atomic mass is 9.94. The van der Waals surface area contributed by atoms with Crippen LogP contribution in [0.2, 0.25) is 5.02 Å². The first kappa shape index (κ1) is 28.3. The number of amides is 2. The van der Waals surface area contributed by atoms with Crippen molar-refractivity contribution in [3.8, 4) is 5.75 Å². The van der Waals surface area contributed by atoms with E-state index in [0.717, 1.165) is 16.8 Å². The van der Waals surface area contributed by atoms with Gasteiger partial charge in [-0.1, -0.05) is 50.6 Å². The van der Waals surface area contributed by atoms with E-state index in [1.54, 1.807) is 18.1 Å². The number of benzene rings is 2. The molecule has 9 heteroatoms. The third-order valence-corrected chi connectivity index (χ3v) is 8.73. The minimum absolute atomic E-state index is 0.0370. The molecule has 2 aromatic rings. The number of anilines is 1. The molecule has 0 aliphatic carbocycles. The van der Waals surface area contributed by atoms with E-state index < -0.39 is 17.1 Å². The van der Waals surface area contributed by atoms with Gasteiger partial charge in [0.1, 0.15) is 5.75 Å². The minimum atomic E-state index is -0.819.